The Morgan fingerprint density at radius 1 is 1.11 bits per heavy atom. The number of nitrogens with zero attached hydrogens (tertiary/aromatic N) is 1. The summed E-state index contributed by atoms with van der Waals surface area (Å²) in [7, 11) is 0. The van der Waals surface area contributed by atoms with Gasteiger partial charge in [0, 0.05) is 17.2 Å². The Balaban J connectivity index is 1.79. The first-order valence-electron chi connectivity index (χ1n) is 12.2. The molecule has 37 heavy (non-hydrogen) atoms. The number of phenolic OH excluding ortho intramolecular Hbond substituents is 1. The molecule has 2 aromatic carbocycles. The fraction of sp³-hybridized carbons (Fsp3) is 0.276. The number of amides is 1. The predicted octanol–water partition coefficient (Wildman–Crippen LogP) is 3.06. The SMILES string of the molecule is CCOc1cc(C2C(=C([O-])c3ccc(OCC(C)C)cc3)C(=O)C(=O)N2Cc2ccc[nH+]c2)ccc1O. The van der Waals surface area contributed by atoms with E-state index in [1.807, 2.05) is 19.9 Å². The maximum atomic E-state index is 13.7. The third kappa shape index (κ3) is 5.58. The summed E-state index contributed by atoms with van der Waals surface area (Å²) >= 11 is 0. The number of hydrogen-bond acceptors (Lipinski definition) is 6. The van der Waals surface area contributed by atoms with Crippen molar-refractivity contribution < 1.29 is 34.3 Å². The zero-order valence-electron chi connectivity index (χ0n) is 21.1. The first-order valence-corrected chi connectivity index (χ1v) is 12.2. The Morgan fingerprint density at radius 3 is 2.51 bits per heavy atom. The highest BCUT2D eigenvalue weighted by molar-refractivity contribution is 6.46. The fourth-order valence-electron chi connectivity index (χ4n) is 4.20. The van der Waals surface area contributed by atoms with Crippen LogP contribution in [-0.2, 0) is 16.1 Å². The van der Waals surface area contributed by atoms with E-state index in [2.05, 4.69) is 4.98 Å². The van der Waals surface area contributed by atoms with Gasteiger partial charge in [0.15, 0.2) is 23.9 Å². The van der Waals surface area contributed by atoms with Gasteiger partial charge in [0.2, 0.25) is 5.78 Å². The number of phenols is 1. The van der Waals surface area contributed by atoms with Crippen molar-refractivity contribution in [1.82, 2.24) is 4.90 Å². The standard InChI is InChI=1S/C29H30N2O6/c1-4-36-24-14-21(9-12-23(24)32)26-25(27(33)20-7-10-22(11-8-20)37-17-18(2)3)28(34)29(35)31(26)16-19-6-5-13-30-15-19/h5-15,18,26,32-33H,4,16-17H2,1-3H3. The number of benzene rings is 2. The van der Waals surface area contributed by atoms with Crippen LogP contribution >= 0.6 is 0 Å². The van der Waals surface area contributed by atoms with E-state index in [0.29, 0.717) is 30.4 Å². The molecular formula is C29H30N2O6. The van der Waals surface area contributed by atoms with E-state index < -0.39 is 23.5 Å². The van der Waals surface area contributed by atoms with Gasteiger partial charge in [-0.1, -0.05) is 37.8 Å². The average Bonchev–Trinajstić information content (AvgIpc) is 3.14. The monoisotopic (exact) mass is 502 g/mol. The first kappa shape index (κ1) is 25.8. The van der Waals surface area contributed by atoms with Crippen LogP contribution in [0.2, 0.25) is 0 Å². The third-order valence-electron chi connectivity index (χ3n) is 5.95. The number of carbonyl (C=O) groups excluding carboxylic acids is 2. The normalized spacial score (nSPS) is 16.9. The third-order valence-corrected chi connectivity index (χ3v) is 5.95. The summed E-state index contributed by atoms with van der Waals surface area (Å²) in [5.74, 6) is -1.05. The number of nitrogens with one attached hydrogen (secondary N) is 1. The predicted molar refractivity (Wildman–Crippen MR) is 134 cm³/mol. The summed E-state index contributed by atoms with van der Waals surface area (Å²) in [6.45, 7) is 6.81. The van der Waals surface area contributed by atoms with Gasteiger partial charge >= 0.3 is 0 Å². The molecule has 1 saturated heterocycles. The molecule has 0 radical (unpaired) electrons. The molecule has 0 aliphatic carbocycles. The van der Waals surface area contributed by atoms with Crippen molar-refractivity contribution in [3.8, 4) is 17.2 Å². The van der Waals surface area contributed by atoms with Gasteiger partial charge in [-0.25, -0.2) is 4.98 Å². The Bertz CT molecular complexity index is 1300. The summed E-state index contributed by atoms with van der Waals surface area (Å²) in [5, 5.41) is 23.9. The summed E-state index contributed by atoms with van der Waals surface area (Å²) in [6.07, 6.45) is 3.47. The molecule has 8 heteroatoms. The van der Waals surface area contributed by atoms with Gasteiger partial charge in [0.1, 0.15) is 5.75 Å². The van der Waals surface area contributed by atoms with Crippen LogP contribution in [0, 0.1) is 5.92 Å². The summed E-state index contributed by atoms with van der Waals surface area (Å²) in [5.41, 5.74) is 1.38. The Labute approximate surface area is 215 Å². The van der Waals surface area contributed by atoms with Crippen LogP contribution in [0.3, 0.4) is 0 Å². The number of ketones is 1. The van der Waals surface area contributed by atoms with Crippen molar-refractivity contribution in [1.29, 1.82) is 0 Å². The molecule has 2 heterocycles. The van der Waals surface area contributed by atoms with Gasteiger partial charge in [-0.2, -0.15) is 0 Å². The number of carbonyl (C=O) groups is 2. The number of Topliss-reactive ketones (excluding diaryl/α,β-unsaturated/α-hetero) is 1. The van der Waals surface area contributed by atoms with E-state index in [-0.39, 0.29) is 29.2 Å². The second kappa shape index (κ2) is 11.2. The smallest absolute Gasteiger partial charge is 0.295 e. The number of H-pyrrole nitrogens is 1. The Hall–Kier alpha value is -4.33. The number of pyridine rings is 1. The molecule has 1 aliphatic heterocycles. The minimum Gasteiger partial charge on any atom is -0.872 e. The van der Waals surface area contributed by atoms with E-state index >= 15 is 0 Å². The molecule has 192 valence electrons. The molecule has 0 saturated carbocycles. The van der Waals surface area contributed by atoms with Crippen molar-refractivity contribution in [2.24, 2.45) is 5.92 Å². The minimum absolute atomic E-state index is 0.0738. The number of likely N-dealkylation sites (tertiary alicyclic amines) is 1. The molecular weight excluding hydrogens is 472 g/mol. The number of aromatic nitrogens is 1. The molecule has 1 amide bonds. The van der Waals surface area contributed by atoms with E-state index in [0.717, 1.165) is 5.56 Å². The lowest BCUT2D eigenvalue weighted by molar-refractivity contribution is -0.378. The van der Waals surface area contributed by atoms with E-state index in [4.69, 9.17) is 9.47 Å². The largest absolute Gasteiger partial charge is 0.872 e. The number of hydrogen-bond donors (Lipinski definition) is 1. The lowest BCUT2D eigenvalue weighted by Crippen LogP contribution is -2.29. The van der Waals surface area contributed by atoms with Gasteiger partial charge in [-0.05, 0) is 54.3 Å². The van der Waals surface area contributed by atoms with Gasteiger partial charge in [0.05, 0.1) is 25.8 Å². The van der Waals surface area contributed by atoms with Gasteiger partial charge in [0.25, 0.3) is 5.91 Å². The number of aromatic hydroxyl groups is 1. The second-order valence-electron chi connectivity index (χ2n) is 9.21. The highest BCUT2D eigenvalue weighted by Crippen LogP contribution is 2.42. The van der Waals surface area contributed by atoms with Crippen LogP contribution in [0.1, 0.15) is 43.5 Å². The van der Waals surface area contributed by atoms with Crippen LogP contribution in [0.15, 0.2) is 72.6 Å². The molecule has 3 aromatic rings. The zero-order valence-corrected chi connectivity index (χ0v) is 21.1. The molecule has 1 atom stereocenters. The lowest BCUT2D eigenvalue weighted by Gasteiger charge is -2.27. The number of ether oxygens (including phenoxy) is 2. The molecule has 2 N–H and O–H groups in total. The topological polar surface area (TPSA) is 113 Å². The van der Waals surface area contributed by atoms with Crippen molar-refractivity contribution in [2.45, 2.75) is 33.4 Å². The van der Waals surface area contributed by atoms with Crippen molar-refractivity contribution in [3.05, 3.63) is 89.3 Å². The Morgan fingerprint density at radius 2 is 1.86 bits per heavy atom. The molecule has 0 spiro atoms. The van der Waals surface area contributed by atoms with Crippen LogP contribution in [0.25, 0.3) is 5.76 Å². The maximum Gasteiger partial charge on any atom is 0.295 e. The number of rotatable bonds is 9. The summed E-state index contributed by atoms with van der Waals surface area (Å²) in [6, 6.07) is 13.8. The minimum atomic E-state index is -0.954. The molecule has 1 aromatic heterocycles. The van der Waals surface area contributed by atoms with Gasteiger partial charge in [-0.15, -0.1) is 0 Å². The lowest BCUT2D eigenvalue weighted by atomic mass is 9.94. The maximum absolute atomic E-state index is 13.7. The van der Waals surface area contributed by atoms with E-state index in [1.165, 1.54) is 11.0 Å². The molecule has 1 fully saturated rings. The molecule has 4 rings (SSSR count). The molecule has 1 unspecified atom stereocenters. The molecule has 0 bridgehead atoms. The average molecular weight is 503 g/mol. The number of aromatic amines is 1. The highest BCUT2D eigenvalue weighted by Gasteiger charge is 2.44. The summed E-state index contributed by atoms with van der Waals surface area (Å²) in [4.78, 5) is 30.8. The summed E-state index contributed by atoms with van der Waals surface area (Å²) < 4.78 is 11.2. The first-order chi connectivity index (χ1) is 17.8. The second-order valence-corrected chi connectivity index (χ2v) is 9.21. The van der Waals surface area contributed by atoms with Crippen molar-refractivity contribution in [2.75, 3.05) is 13.2 Å². The van der Waals surface area contributed by atoms with E-state index in [9.17, 15) is 19.8 Å². The van der Waals surface area contributed by atoms with Crippen molar-refractivity contribution in [3.63, 3.8) is 0 Å². The Kier molecular flexibility index (Phi) is 7.77. The van der Waals surface area contributed by atoms with E-state index in [1.54, 1.807) is 61.8 Å². The van der Waals surface area contributed by atoms with Crippen LogP contribution in [0.4, 0.5) is 0 Å². The van der Waals surface area contributed by atoms with Crippen LogP contribution in [-0.4, -0.2) is 34.9 Å². The molecule has 8 nitrogen and oxygen atoms in total. The van der Waals surface area contributed by atoms with Crippen molar-refractivity contribution >= 4 is 17.4 Å². The van der Waals surface area contributed by atoms with Crippen LogP contribution < -0.4 is 19.6 Å². The highest BCUT2D eigenvalue weighted by atomic mass is 16.5. The van der Waals surface area contributed by atoms with Crippen LogP contribution in [0.5, 0.6) is 17.2 Å². The van der Waals surface area contributed by atoms with Gasteiger partial charge < -0.3 is 24.6 Å². The zero-order chi connectivity index (χ0) is 26.5. The molecule has 1 aliphatic rings. The van der Waals surface area contributed by atoms with Gasteiger partial charge in [-0.3, -0.25) is 9.59 Å². The fourth-order valence-corrected chi connectivity index (χ4v) is 4.20. The quantitative estimate of drug-likeness (QED) is 0.273.